The fraction of sp³-hybridized carbons (Fsp3) is 0.176. The normalized spacial score (nSPS) is 11.6. The fourth-order valence-corrected chi connectivity index (χ4v) is 2.03. The zero-order valence-corrected chi connectivity index (χ0v) is 11.8. The van der Waals surface area contributed by atoms with E-state index in [0.29, 0.717) is 6.54 Å². The molecular formula is C17H19N3O. The number of aromatic nitrogens is 1. The summed E-state index contributed by atoms with van der Waals surface area (Å²) in [6.45, 7) is 4.28. The van der Waals surface area contributed by atoms with E-state index < -0.39 is 0 Å². The predicted molar refractivity (Wildman–Crippen MR) is 83.7 cm³/mol. The van der Waals surface area contributed by atoms with E-state index in [1.54, 1.807) is 12.3 Å². The van der Waals surface area contributed by atoms with Crippen LogP contribution in [0.2, 0.25) is 0 Å². The number of carbonyl (C=O) groups excluding carboxylic acids is 1. The molecule has 4 nitrogen and oxygen atoms in total. The number of amides is 1. The standard InChI is InChI=1S/C17H19N3O/c1-2-11-19-16(21)13-20-17(14-8-4-3-5-9-14)15-10-6-7-12-18-15/h2-10,12,17,20H,1,11,13H2,(H,19,21)/t17-/m0/s1. The van der Waals surface area contributed by atoms with E-state index in [1.165, 1.54) is 0 Å². The molecule has 0 aliphatic carbocycles. The third kappa shape index (κ3) is 4.54. The Balaban J connectivity index is 2.10. The number of pyridine rings is 1. The summed E-state index contributed by atoms with van der Waals surface area (Å²) in [7, 11) is 0. The predicted octanol–water partition coefficient (Wildman–Crippen LogP) is 2.06. The maximum absolute atomic E-state index is 11.7. The van der Waals surface area contributed by atoms with Gasteiger partial charge in [-0.2, -0.15) is 0 Å². The van der Waals surface area contributed by atoms with Crippen molar-refractivity contribution in [2.45, 2.75) is 6.04 Å². The molecule has 21 heavy (non-hydrogen) atoms. The monoisotopic (exact) mass is 281 g/mol. The van der Waals surface area contributed by atoms with Gasteiger partial charge in [-0.25, -0.2) is 0 Å². The van der Waals surface area contributed by atoms with Gasteiger partial charge >= 0.3 is 0 Å². The zero-order chi connectivity index (χ0) is 14.9. The number of hydrogen-bond donors (Lipinski definition) is 2. The summed E-state index contributed by atoms with van der Waals surface area (Å²) in [6, 6.07) is 15.6. The second-order valence-electron chi connectivity index (χ2n) is 4.57. The number of hydrogen-bond acceptors (Lipinski definition) is 3. The molecule has 2 rings (SSSR count). The molecule has 0 fully saturated rings. The van der Waals surface area contributed by atoms with Crippen molar-refractivity contribution in [3.05, 3.63) is 78.6 Å². The van der Waals surface area contributed by atoms with Crippen LogP contribution < -0.4 is 10.6 Å². The summed E-state index contributed by atoms with van der Waals surface area (Å²) >= 11 is 0. The minimum atomic E-state index is -0.109. The van der Waals surface area contributed by atoms with Gasteiger partial charge in [0.05, 0.1) is 18.3 Å². The van der Waals surface area contributed by atoms with E-state index in [1.807, 2.05) is 48.5 Å². The highest BCUT2D eigenvalue weighted by atomic mass is 16.1. The molecule has 0 aliphatic rings. The Bertz CT molecular complexity index is 530. The Morgan fingerprint density at radius 3 is 2.62 bits per heavy atom. The van der Waals surface area contributed by atoms with Crippen LogP contribution in [-0.2, 0) is 4.79 Å². The molecule has 108 valence electrons. The van der Waals surface area contributed by atoms with Gasteiger partial charge in [0.1, 0.15) is 0 Å². The largest absolute Gasteiger partial charge is 0.352 e. The number of carbonyl (C=O) groups is 1. The van der Waals surface area contributed by atoms with Gasteiger partial charge in [0.25, 0.3) is 0 Å². The topological polar surface area (TPSA) is 54.0 Å². The number of benzene rings is 1. The smallest absolute Gasteiger partial charge is 0.234 e. The van der Waals surface area contributed by atoms with Crippen LogP contribution in [0.3, 0.4) is 0 Å². The molecule has 0 radical (unpaired) electrons. The van der Waals surface area contributed by atoms with Gasteiger partial charge in [0.15, 0.2) is 0 Å². The van der Waals surface area contributed by atoms with Gasteiger partial charge in [-0.1, -0.05) is 42.5 Å². The third-order valence-corrected chi connectivity index (χ3v) is 3.03. The first-order chi connectivity index (χ1) is 10.3. The summed E-state index contributed by atoms with van der Waals surface area (Å²) in [5.41, 5.74) is 1.97. The number of rotatable bonds is 7. The van der Waals surface area contributed by atoms with Gasteiger partial charge in [0.2, 0.25) is 5.91 Å². The van der Waals surface area contributed by atoms with E-state index in [0.717, 1.165) is 11.3 Å². The SMILES string of the molecule is C=CCNC(=O)CN[C@@H](c1ccccc1)c1ccccn1. The molecule has 2 aromatic rings. The minimum absolute atomic E-state index is 0.0632. The molecule has 4 heteroatoms. The van der Waals surface area contributed by atoms with Gasteiger partial charge < -0.3 is 5.32 Å². The van der Waals surface area contributed by atoms with Crippen LogP contribution in [0.15, 0.2) is 67.4 Å². The van der Waals surface area contributed by atoms with Crippen LogP contribution in [-0.4, -0.2) is 24.0 Å². The lowest BCUT2D eigenvalue weighted by Crippen LogP contribution is -2.36. The highest BCUT2D eigenvalue weighted by molar-refractivity contribution is 5.78. The molecule has 0 spiro atoms. The molecule has 0 bridgehead atoms. The average Bonchev–Trinajstić information content (AvgIpc) is 2.55. The molecule has 0 saturated carbocycles. The van der Waals surface area contributed by atoms with Crippen molar-refractivity contribution < 1.29 is 4.79 Å². The van der Waals surface area contributed by atoms with Crippen molar-refractivity contribution >= 4 is 5.91 Å². The summed E-state index contributed by atoms with van der Waals surface area (Å²) < 4.78 is 0. The van der Waals surface area contributed by atoms with Crippen molar-refractivity contribution in [1.82, 2.24) is 15.6 Å². The van der Waals surface area contributed by atoms with Gasteiger partial charge in [-0.15, -0.1) is 6.58 Å². The van der Waals surface area contributed by atoms with Gasteiger partial charge in [-0.05, 0) is 17.7 Å². The lowest BCUT2D eigenvalue weighted by molar-refractivity contribution is -0.120. The Hall–Kier alpha value is -2.46. The van der Waals surface area contributed by atoms with Crippen LogP contribution in [0.25, 0.3) is 0 Å². The Morgan fingerprint density at radius 2 is 1.95 bits per heavy atom. The maximum atomic E-state index is 11.7. The van der Waals surface area contributed by atoms with Crippen LogP contribution in [0, 0.1) is 0 Å². The van der Waals surface area contributed by atoms with Crippen LogP contribution >= 0.6 is 0 Å². The Morgan fingerprint density at radius 1 is 1.19 bits per heavy atom. The van der Waals surface area contributed by atoms with Crippen LogP contribution in [0.1, 0.15) is 17.3 Å². The second kappa shape index (κ2) is 7.97. The zero-order valence-electron chi connectivity index (χ0n) is 11.8. The summed E-state index contributed by atoms with van der Waals surface area (Å²) in [5.74, 6) is -0.0632. The first-order valence-corrected chi connectivity index (χ1v) is 6.88. The second-order valence-corrected chi connectivity index (χ2v) is 4.57. The quantitative estimate of drug-likeness (QED) is 0.764. The summed E-state index contributed by atoms with van der Waals surface area (Å²) in [4.78, 5) is 16.1. The highest BCUT2D eigenvalue weighted by Crippen LogP contribution is 2.19. The summed E-state index contributed by atoms with van der Waals surface area (Å²) in [5, 5.41) is 6.00. The number of nitrogens with zero attached hydrogens (tertiary/aromatic N) is 1. The van der Waals surface area contributed by atoms with E-state index in [9.17, 15) is 4.79 Å². The third-order valence-electron chi connectivity index (χ3n) is 3.03. The lowest BCUT2D eigenvalue weighted by Gasteiger charge is -2.18. The molecule has 1 aromatic carbocycles. The lowest BCUT2D eigenvalue weighted by atomic mass is 10.0. The minimum Gasteiger partial charge on any atom is -0.352 e. The molecule has 0 saturated heterocycles. The molecule has 1 heterocycles. The van der Waals surface area contributed by atoms with Gasteiger partial charge in [-0.3, -0.25) is 15.1 Å². The van der Waals surface area contributed by atoms with Gasteiger partial charge in [0, 0.05) is 12.7 Å². The van der Waals surface area contributed by atoms with Crippen molar-refractivity contribution in [3.8, 4) is 0 Å². The maximum Gasteiger partial charge on any atom is 0.234 e. The highest BCUT2D eigenvalue weighted by Gasteiger charge is 2.15. The molecular weight excluding hydrogens is 262 g/mol. The number of nitrogens with one attached hydrogen (secondary N) is 2. The average molecular weight is 281 g/mol. The van der Waals surface area contributed by atoms with E-state index in [2.05, 4.69) is 22.2 Å². The molecule has 0 aliphatic heterocycles. The van der Waals surface area contributed by atoms with Crippen molar-refractivity contribution in [3.63, 3.8) is 0 Å². The van der Waals surface area contributed by atoms with E-state index in [4.69, 9.17) is 0 Å². The summed E-state index contributed by atoms with van der Waals surface area (Å²) in [6.07, 6.45) is 3.41. The Labute approximate surface area is 124 Å². The molecule has 1 amide bonds. The molecule has 1 aromatic heterocycles. The first kappa shape index (κ1) is 14.9. The van der Waals surface area contributed by atoms with Crippen molar-refractivity contribution in [2.24, 2.45) is 0 Å². The van der Waals surface area contributed by atoms with Crippen LogP contribution in [0.4, 0.5) is 0 Å². The molecule has 0 unspecified atom stereocenters. The van der Waals surface area contributed by atoms with Crippen molar-refractivity contribution in [1.29, 1.82) is 0 Å². The Kier molecular flexibility index (Phi) is 5.67. The van der Waals surface area contributed by atoms with Crippen molar-refractivity contribution in [2.75, 3.05) is 13.1 Å². The molecule has 2 N–H and O–H groups in total. The van der Waals surface area contributed by atoms with Crippen LogP contribution in [0.5, 0.6) is 0 Å². The van der Waals surface area contributed by atoms with E-state index in [-0.39, 0.29) is 18.5 Å². The molecule has 1 atom stereocenters. The van der Waals surface area contributed by atoms with E-state index >= 15 is 0 Å². The first-order valence-electron chi connectivity index (χ1n) is 6.88. The fourth-order valence-electron chi connectivity index (χ4n) is 2.03.